The van der Waals surface area contributed by atoms with Crippen LogP contribution in [0.5, 0.6) is 0 Å². The molecule has 1 atom stereocenters. The fourth-order valence-corrected chi connectivity index (χ4v) is 3.81. The first-order chi connectivity index (χ1) is 11.1. The maximum absolute atomic E-state index is 12.7. The Hall–Kier alpha value is -1.55. The van der Waals surface area contributed by atoms with Gasteiger partial charge in [0.1, 0.15) is 0 Å². The van der Waals surface area contributed by atoms with Crippen molar-refractivity contribution in [3.8, 4) is 0 Å². The number of likely N-dealkylation sites (tertiary alicyclic amines) is 2. The number of anilines is 1. The molecule has 1 amide bonds. The number of carbonyl (C=O) groups excluding carboxylic acids is 1. The summed E-state index contributed by atoms with van der Waals surface area (Å²) in [6.07, 6.45) is 5.51. The van der Waals surface area contributed by atoms with Crippen LogP contribution in [0.25, 0.3) is 0 Å². The molecule has 0 aliphatic carbocycles. The second-order valence-corrected chi connectivity index (χ2v) is 7.11. The molecule has 4 nitrogen and oxygen atoms in total. The Morgan fingerprint density at radius 2 is 1.91 bits per heavy atom. The van der Waals surface area contributed by atoms with Gasteiger partial charge in [0.05, 0.1) is 6.04 Å². The van der Waals surface area contributed by atoms with Crippen LogP contribution in [0.3, 0.4) is 0 Å². The zero-order chi connectivity index (χ0) is 16.2. The molecule has 2 heterocycles. The van der Waals surface area contributed by atoms with E-state index in [1.807, 2.05) is 0 Å². The minimum atomic E-state index is 0.116. The minimum Gasteiger partial charge on any atom is -0.382 e. The molecule has 126 valence electrons. The van der Waals surface area contributed by atoms with Gasteiger partial charge < -0.3 is 10.2 Å². The van der Waals surface area contributed by atoms with Crippen LogP contribution in [0.4, 0.5) is 5.69 Å². The Morgan fingerprint density at radius 3 is 2.61 bits per heavy atom. The number of likely N-dealkylation sites (N-methyl/N-ethyl adjacent to an activating group) is 1. The lowest BCUT2D eigenvalue weighted by molar-refractivity contribution is -0.138. The molecule has 0 saturated carbocycles. The number of nitrogens with zero attached hydrogens (tertiary/aromatic N) is 2. The summed E-state index contributed by atoms with van der Waals surface area (Å²) in [7, 11) is 2.09. The molecular formula is C19H29N3O. The highest BCUT2D eigenvalue weighted by atomic mass is 16.2. The Labute approximate surface area is 139 Å². The first-order valence-electron chi connectivity index (χ1n) is 8.96. The van der Waals surface area contributed by atoms with Gasteiger partial charge in [-0.25, -0.2) is 0 Å². The van der Waals surface area contributed by atoms with Gasteiger partial charge in [-0.3, -0.25) is 9.69 Å². The van der Waals surface area contributed by atoms with Gasteiger partial charge in [-0.1, -0.05) is 18.6 Å². The van der Waals surface area contributed by atoms with Crippen molar-refractivity contribution in [2.45, 2.75) is 51.1 Å². The molecule has 0 bridgehead atoms. The number of carbonyl (C=O) groups is 1. The van der Waals surface area contributed by atoms with Crippen molar-refractivity contribution in [3.05, 3.63) is 29.8 Å². The molecule has 23 heavy (non-hydrogen) atoms. The topological polar surface area (TPSA) is 35.6 Å². The average Bonchev–Trinajstić information content (AvgIpc) is 2.55. The summed E-state index contributed by atoms with van der Waals surface area (Å²) in [4.78, 5) is 17.1. The number of hydrogen-bond acceptors (Lipinski definition) is 3. The molecule has 1 aromatic carbocycles. The number of aryl methyl sites for hydroxylation is 1. The van der Waals surface area contributed by atoms with Crippen LogP contribution in [-0.4, -0.2) is 54.5 Å². The lowest BCUT2D eigenvalue weighted by Crippen LogP contribution is -2.52. The summed E-state index contributed by atoms with van der Waals surface area (Å²) in [5.41, 5.74) is 2.48. The van der Waals surface area contributed by atoms with Crippen LogP contribution >= 0.6 is 0 Å². The number of benzene rings is 1. The number of piperidine rings is 2. The normalized spacial score (nSPS) is 23.7. The van der Waals surface area contributed by atoms with Crippen LogP contribution in [0.15, 0.2) is 24.3 Å². The van der Waals surface area contributed by atoms with Crippen molar-refractivity contribution < 1.29 is 4.79 Å². The summed E-state index contributed by atoms with van der Waals surface area (Å²) >= 11 is 0. The Bertz CT molecular complexity index is 537. The second kappa shape index (κ2) is 7.35. The predicted octanol–water partition coefficient (Wildman–Crippen LogP) is 2.88. The minimum absolute atomic E-state index is 0.116. The van der Waals surface area contributed by atoms with Gasteiger partial charge in [0.2, 0.25) is 5.91 Å². The van der Waals surface area contributed by atoms with Gasteiger partial charge in [0.25, 0.3) is 0 Å². The lowest BCUT2D eigenvalue weighted by Gasteiger charge is -2.38. The van der Waals surface area contributed by atoms with Crippen LogP contribution < -0.4 is 5.32 Å². The highest BCUT2D eigenvalue weighted by molar-refractivity contribution is 5.82. The fraction of sp³-hybridized carbons (Fsp3) is 0.632. The first-order valence-corrected chi connectivity index (χ1v) is 8.96. The standard InChI is InChI=1S/C19H29N3O/c1-15-6-5-7-17(14-15)20-16-9-12-22(13-10-16)19(23)18-8-3-4-11-21(18)2/h5-7,14,16,18,20H,3-4,8-13H2,1-2H3/t18-/m0/s1. The molecule has 4 heteroatoms. The van der Waals surface area contributed by atoms with E-state index in [2.05, 4.69) is 53.4 Å². The predicted molar refractivity (Wildman–Crippen MR) is 94.7 cm³/mol. The summed E-state index contributed by atoms with van der Waals surface area (Å²) in [6.45, 7) is 4.94. The molecule has 0 spiro atoms. The highest BCUT2D eigenvalue weighted by Gasteiger charge is 2.31. The SMILES string of the molecule is Cc1cccc(NC2CCN(C(=O)[C@@H]3CCCCN3C)CC2)c1. The van der Waals surface area contributed by atoms with Gasteiger partial charge in [0.15, 0.2) is 0 Å². The molecular weight excluding hydrogens is 286 g/mol. The van der Waals surface area contributed by atoms with Gasteiger partial charge in [-0.15, -0.1) is 0 Å². The number of rotatable bonds is 3. The Morgan fingerprint density at radius 1 is 1.13 bits per heavy atom. The number of nitrogens with one attached hydrogen (secondary N) is 1. The van der Waals surface area contributed by atoms with Gasteiger partial charge >= 0.3 is 0 Å². The van der Waals surface area contributed by atoms with Crippen molar-refractivity contribution in [1.29, 1.82) is 0 Å². The van der Waals surface area contributed by atoms with E-state index < -0.39 is 0 Å². The van der Waals surface area contributed by atoms with Crippen molar-refractivity contribution in [3.63, 3.8) is 0 Å². The molecule has 1 N–H and O–H groups in total. The van der Waals surface area contributed by atoms with Gasteiger partial charge in [0, 0.05) is 24.8 Å². The van der Waals surface area contributed by atoms with E-state index in [0.29, 0.717) is 11.9 Å². The van der Waals surface area contributed by atoms with Crippen LogP contribution in [0, 0.1) is 6.92 Å². The summed E-state index contributed by atoms with van der Waals surface area (Å²) in [6, 6.07) is 9.12. The maximum Gasteiger partial charge on any atom is 0.239 e. The van der Waals surface area contributed by atoms with Crippen molar-refractivity contribution in [2.75, 3.05) is 32.0 Å². The van der Waals surface area contributed by atoms with Crippen LogP contribution in [0.2, 0.25) is 0 Å². The summed E-state index contributed by atoms with van der Waals surface area (Å²) < 4.78 is 0. The highest BCUT2D eigenvalue weighted by Crippen LogP contribution is 2.21. The van der Waals surface area contributed by atoms with E-state index >= 15 is 0 Å². The third-order valence-electron chi connectivity index (χ3n) is 5.25. The zero-order valence-electron chi connectivity index (χ0n) is 14.4. The average molecular weight is 315 g/mol. The largest absolute Gasteiger partial charge is 0.382 e. The van der Waals surface area contributed by atoms with E-state index in [4.69, 9.17) is 0 Å². The zero-order valence-corrected chi connectivity index (χ0v) is 14.4. The van der Waals surface area contributed by atoms with E-state index in [1.54, 1.807) is 0 Å². The van der Waals surface area contributed by atoms with E-state index in [-0.39, 0.29) is 6.04 Å². The van der Waals surface area contributed by atoms with Crippen LogP contribution in [0.1, 0.15) is 37.7 Å². The first kappa shape index (κ1) is 16.3. The molecule has 0 unspecified atom stereocenters. The number of amides is 1. The lowest BCUT2D eigenvalue weighted by atomic mass is 9.99. The molecule has 2 fully saturated rings. The van der Waals surface area contributed by atoms with Crippen molar-refractivity contribution in [1.82, 2.24) is 9.80 Å². The monoisotopic (exact) mass is 315 g/mol. The fourth-order valence-electron chi connectivity index (χ4n) is 3.81. The quantitative estimate of drug-likeness (QED) is 0.931. The maximum atomic E-state index is 12.7. The molecule has 0 radical (unpaired) electrons. The second-order valence-electron chi connectivity index (χ2n) is 7.11. The third kappa shape index (κ3) is 4.05. The molecule has 2 saturated heterocycles. The van der Waals surface area contributed by atoms with Gasteiger partial charge in [-0.05, 0) is 63.9 Å². The molecule has 2 aliphatic heterocycles. The van der Waals surface area contributed by atoms with E-state index in [9.17, 15) is 4.79 Å². The van der Waals surface area contributed by atoms with E-state index in [0.717, 1.165) is 38.9 Å². The van der Waals surface area contributed by atoms with Crippen LogP contribution in [-0.2, 0) is 4.79 Å². The molecule has 0 aromatic heterocycles. The smallest absolute Gasteiger partial charge is 0.239 e. The Kier molecular flexibility index (Phi) is 5.21. The summed E-state index contributed by atoms with van der Waals surface area (Å²) in [5.74, 6) is 0.348. The molecule has 1 aromatic rings. The summed E-state index contributed by atoms with van der Waals surface area (Å²) in [5, 5.41) is 3.62. The van der Waals surface area contributed by atoms with E-state index in [1.165, 1.54) is 24.1 Å². The molecule has 2 aliphatic rings. The van der Waals surface area contributed by atoms with Crippen molar-refractivity contribution in [2.24, 2.45) is 0 Å². The Balaban J connectivity index is 1.51. The third-order valence-corrected chi connectivity index (χ3v) is 5.25. The molecule has 3 rings (SSSR count). The van der Waals surface area contributed by atoms with Gasteiger partial charge in [-0.2, -0.15) is 0 Å². The van der Waals surface area contributed by atoms with Crippen molar-refractivity contribution >= 4 is 11.6 Å². The number of hydrogen-bond donors (Lipinski definition) is 1.